The summed E-state index contributed by atoms with van der Waals surface area (Å²) in [6, 6.07) is 5.14. The van der Waals surface area contributed by atoms with Gasteiger partial charge in [-0.1, -0.05) is 6.07 Å². The Kier molecular flexibility index (Phi) is 3.53. The van der Waals surface area contributed by atoms with Crippen LogP contribution in [0.5, 0.6) is 0 Å². The average molecular weight is 277 g/mol. The second-order valence-corrected chi connectivity index (χ2v) is 6.03. The molecule has 0 aliphatic carbocycles. The van der Waals surface area contributed by atoms with Gasteiger partial charge >= 0.3 is 0 Å². The molecule has 5 nitrogen and oxygen atoms in total. The summed E-state index contributed by atoms with van der Waals surface area (Å²) in [6.07, 6.45) is 2.97. The highest BCUT2D eigenvalue weighted by Gasteiger charge is 2.18. The summed E-state index contributed by atoms with van der Waals surface area (Å²) in [4.78, 5) is 7.97. The Balaban J connectivity index is 2.43. The van der Waals surface area contributed by atoms with Crippen molar-refractivity contribution in [3.05, 3.63) is 47.3 Å². The lowest BCUT2D eigenvalue weighted by Crippen LogP contribution is -2.16. The van der Waals surface area contributed by atoms with Crippen LogP contribution in [0, 0.1) is 20.8 Å². The van der Waals surface area contributed by atoms with Gasteiger partial charge in [-0.05, 0) is 49.6 Å². The standard InChI is InChI=1S/C13H15N3O2S/c1-9-7-11(3)12(8-10(9)2)19(17,18)16-13-14-5-4-6-15-13/h4-8H,1-3H3,(H,14,15,16). The number of hydrogen-bond acceptors (Lipinski definition) is 4. The third kappa shape index (κ3) is 2.90. The fraction of sp³-hybridized carbons (Fsp3) is 0.231. The minimum absolute atomic E-state index is 0.0696. The Morgan fingerprint density at radius 1 is 0.947 bits per heavy atom. The van der Waals surface area contributed by atoms with E-state index in [4.69, 9.17) is 0 Å². The molecule has 6 heteroatoms. The van der Waals surface area contributed by atoms with Crippen molar-refractivity contribution < 1.29 is 8.42 Å². The summed E-state index contributed by atoms with van der Waals surface area (Å²) in [5.74, 6) is 0.0696. The van der Waals surface area contributed by atoms with Crippen LogP contribution in [-0.4, -0.2) is 18.4 Å². The molecule has 2 rings (SSSR count). The van der Waals surface area contributed by atoms with Gasteiger partial charge in [0.05, 0.1) is 4.90 Å². The van der Waals surface area contributed by atoms with Gasteiger partial charge in [-0.3, -0.25) is 0 Å². The Bertz CT molecular complexity index is 697. The van der Waals surface area contributed by atoms with E-state index in [0.717, 1.165) is 11.1 Å². The summed E-state index contributed by atoms with van der Waals surface area (Å²) in [5, 5.41) is 0. The second-order valence-electron chi connectivity index (χ2n) is 4.38. The first-order valence-corrected chi connectivity index (χ1v) is 7.26. The first-order chi connectivity index (χ1) is 8.90. The van der Waals surface area contributed by atoms with Gasteiger partial charge in [0.25, 0.3) is 10.0 Å². The molecule has 0 spiro atoms. The molecule has 2 aromatic rings. The van der Waals surface area contributed by atoms with Crippen LogP contribution < -0.4 is 4.72 Å². The van der Waals surface area contributed by atoms with Crippen LogP contribution in [0.4, 0.5) is 5.95 Å². The number of aromatic nitrogens is 2. The van der Waals surface area contributed by atoms with Crippen molar-refractivity contribution in [2.75, 3.05) is 4.72 Å². The molecular formula is C13H15N3O2S. The van der Waals surface area contributed by atoms with Crippen LogP contribution in [0.25, 0.3) is 0 Å². The molecule has 0 saturated heterocycles. The number of rotatable bonds is 3. The molecule has 0 aliphatic heterocycles. The zero-order valence-corrected chi connectivity index (χ0v) is 11.8. The van der Waals surface area contributed by atoms with Crippen molar-refractivity contribution in [3.8, 4) is 0 Å². The van der Waals surface area contributed by atoms with Gasteiger partial charge in [0.1, 0.15) is 0 Å². The normalized spacial score (nSPS) is 11.3. The molecule has 0 amide bonds. The minimum atomic E-state index is -3.66. The molecule has 0 bridgehead atoms. The maximum atomic E-state index is 12.3. The minimum Gasteiger partial charge on any atom is -0.247 e. The van der Waals surface area contributed by atoms with Crippen molar-refractivity contribution >= 4 is 16.0 Å². The Morgan fingerprint density at radius 3 is 2.16 bits per heavy atom. The maximum Gasteiger partial charge on any atom is 0.264 e. The van der Waals surface area contributed by atoms with E-state index in [-0.39, 0.29) is 10.8 Å². The molecule has 100 valence electrons. The lowest BCUT2D eigenvalue weighted by atomic mass is 10.1. The fourth-order valence-corrected chi connectivity index (χ4v) is 3.02. The van der Waals surface area contributed by atoms with E-state index in [0.29, 0.717) is 5.56 Å². The molecule has 1 heterocycles. The highest BCUT2D eigenvalue weighted by atomic mass is 32.2. The van der Waals surface area contributed by atoms with Crippen LogP contribution in [0.15, 0.2) is 35.5 Å². The molecule has 0 saturated carbocycles. The molecule has 19 heavy (non-hydrogen) atoms. The molecule has 0 unspecified atom stereocenters. The molecule has 0 radical (unpaired) electrons. The van der Waals surface area contributed by atoms with E-state index < -0.39 is 10.0 Å². The Hall–Kier alpha value is -1.95. The molecule has 0 atom stereocenters. The smallest absolute Gasteiger partial charge is 0.247 e. The summed E-state index contributed by atoms with van der Waals surface area (Å²) < 4.78 is 27.0. The van der Waals surface area contributed by atoms with Gasteiger partial charge in [0.15, 0.2) is 0 Å². The number of hydrogen-bond donors (Lipinski definition) is 1. The molecule has 1 N–H and O–H groups in total. The lowest BCUT2D eigenvalue weighted by Gasteiger charge is -2.11. The van der Waals surface area contributed by atoms with Crippen LogP contribution in [-0.2, 0) is 10.0 Å². The lowest BCUT2D eigenvalue weighted by molar-refractivity contribution is 0.600. The Morgan fingerprint density at radius 2 is 1.53 bits per heavy atom. The van der Waals surface area contributed by atoms with Gasteiger partial charge in [0, 0.05) is 12.4 Å². The maximum absolute atomic E-state index is 12.3. The number of nitrogens with one attached hydrogen (secondary N) is 1. The van der Waals surface area contributed by atoms with Gasteiger partial charge in [0.2, 0.25) is 5.95 Å². The SMILES string of the molecule is Cc1cc(C)c(S(=O)(=O)Nc2ncccn2)cc1C. The van der Waals surface area contributed by atoms with Crippen LogP contribution >= 0.6 is 0 Å². The van der Waals surface area contributed by atoms with Gasteiger partial charge in [-0.15, -0.1) is 0 Å². The quantitative estimate of drug-likeness (QED) is 0.933. The molecular weight excluding hydrogens is 262 g/mol. The highest BCUT2D eigenvalue weighted by molar-refractivity contribution is 7.92. The Labute approximate surface area is 112 Å². The zero-order valence-electron chi connectivity index (χ0n) is 11.0. The zero-order chi connectivity index (χ0) is 14.0. The van der Waals surface area contributed by atoms with E-state index >= 15 is 0 Å². The van der Waals surface area contributed by atoms with Gasteiger partial charge in [-0.2, -0.15) is 0 Å². The number of anilines is 1. The second kappa shape index (κ2) is 4.97. The number of benzene rings is 1. The van der Waals surface area contributed by atoms with Crippen LogP contribution in [0.1, 0.15) is 16.7 Å². The topological polar surface area (TPSA) is 72.0 Å². The van der Waals surface area contributed by atoms with Crippen molar-refractivity contribution in [2.45, 2.75) is 25.7 Å². The average Bonchev–Trinajstić information content (AvgIpc) is 2.34. The fourth-order valence-electron chi connectivity index (χ4n) is 1.75. The van der Waals surface area contributed by atoms with E-state index in [2.05, 4.69) is 14.7 Å². The number of sulfonamides is 1. The van der Waals surface area contributed by atoms with Crippen molar-refractivity contribution in [1.29, 1.82) is 0 Å². The first kappa shape index (κ1) is 13.5. The van der Waals surface area contributed by atoms with E-state index in [1.54, 1.807) is 19.1 Å². The van der Waals surface area contributed by atoms with E-state index in [1.165, 1.54) is 12.4 Å². The summed E-state index contributed by atoms with van der Waals surface area (Å²) in [7, 11) is -3.66. The number of aryl methyl sites for hydroxylation is 3. The van der Waals surface area contributed by atoms with Gasteiger partial charge in [-0.25, -0.2) is 23.1 Å². The number of nitrogens with zero attached hydrogens (tertiary/aromatic N) is 2. The molecule has 1 aromatic carbocycles. The predicted octanol–water partition coefficient (Wildman–Crippen LogP) is 2.20. The molecule has 0 aliphatic rings. The predicted molar refractivity (Wildman–Crippen MR) is 73.5 cm³/mol. The van der Waals surface area contributed by atoms with Crippen LogP contribution in [0.3, 0.4) is 0 Å². The molecule has 1 aromatic heterocycles. The summed E-state index contributed by atoms with van der Waals surface area (Å²) in [5.41, 5.74) is 2.69. The van der Waals surface area contributed by atoms with Crippen molar-refractivity contribution in [1.82, 2.24) is 9.97 Å². The van der Waals surface area contributed by atoms with Crippen molar-refractivity contribution in [2.24, 2.45) is 0 Å². The summed E-state index contributed by atoms with van der Waals surface area (Å²) >= 11 is 0. The third-order valence-corrected chi connectivity index (χ3v) is 4.34. The highest BCUT2D eigenvalue weighted by Crippen LogP contribution is 2.21. The third-order valence-electron chi connectivity index (χ3n) is 2.87. The van der Waals surface area contributed by atoms with Gasteiger partial charge < -0.3 is 0 Å². The monoisotopic (exact) mass is 277 g/mol. The van der Waals surface area contributed by atoms with E-state index in [1.807, 2.05) is 19.9 Å². The first-order valence-electron chi connectivity index (χ1n) is 5.78. The van der Waals surface area contributed by atoms with Crippen LogP contribution in [0.2, 0.25) is 0 Å². The van der Waals surface area contributed by atoms with Crippen molar-refractivity contribution in [3.63, 3.8) is 0 Å². The summed E-state index contributed by atoms with van der Waals surface area (Å²) in [6.45, 7) is 5.60. The molecule has 0 fully saturated rings. The van der Waals surface area contributed by atoms with E-state index in [9.17, 15) is 8.42 Å². The largest absolute Gasteiger partial charge is 0.264 e.